The highest BCUT2D eigenvalue weighted by atomic mass is 16.6. The summed E-state index contributed by atoms with van der Waals surface area (Å²) in [6.45, 7) is 5.35. The first-order valence-electron chi connectivity index (χ1n) is 9.56. The summed E-state index contributed by atoms with van der Waals surface area (Å²) in [6.07, 6.45) is 2.16. The van der Waals surface area contributed by atoms with Crippen LogP contribution in [0.2, 0.25) is 0 Å². The second-order valence-electron chi connectivity index (χ2n) is 7.39. The van der Waals surface area contributed by atoms with E-state index in [4.69, 9.17) is 14.2 Å². The van der Waals surface area contributed by atoms with Gasteiger partial charge in [0.05, 0.1) is 5.56 Å². The lowest BCUT2D eigenvalue weighted by Crippen LogP contribution is -2.31. The van der Waals surface area contributed by atoms with E-state index < -0.39 is 18.0 Å². The standard InChI is InChI=1S/C23H24O7/c1-13(2)4-5-15-8-16(6-7-21(15)29-14(3)24)23(27)30-18-11-19-20(26)9-17(25)10-22(19)28-12-18/h4,6-10,18,25-26H,5,11-12H2,1-3H3. The monoisotopic (exact) mass is 412 g/mol. The minimum Gasteiger partial charge on any atom is -0.508 e. The molecule has 0 saturated carbocycles. The molecule has 1 aliphatic heterocycles. The average molecular weight is 412 g/mol. The summed E-state index contributed by atoms with van der Waals surface area (Å²) in [7, 11) is 0. The Morgan fingerprint density at radius 3 is 2.63 bits per heavy atom. The number of hydrogen-bond donors (Lipinski definition) is 2. The zero-order valence-corrected chi connectivity index (χ0v) is 17.1. The molecule has 0 aliphatic carbocycles. The van der Waals surface area contributed by atoms with Gasteiger partial charge in [-0.2, -0.15) is 0 Å². The Morgan fingerprint density at radius 2 is 1.93 bits per heavy atom. The van der Waals surface area contributed by atoms with E-state index in [1.807, 2.05) is 19.9 Å². The van der Waals surface area contributed by atoms with E-state index in [9.17, 15) is 19.8 Å². The maximum atomic E-state index is 12.7. The normalized spacial score (nSPS) is 14.8. The van der Waals surface area contributed by atoms with Crippen molar-refractivity contribution in [1.82, 2.24) is 0 Å². The lowest BCUT2D eigenvalue weighted by Gasteiger charge is -2.26. The summed E-state index contributed by atoms with van der Waals surface area (Å²) in [6, 6.07) is 7.40. The molecule has 0 saturated heterocycles. The lowest BCUT2D eigenvalue weighted by atomic mass is 10.0. The summed E-state index contributed by atoms with van der Waals surface area (Å²) >= 11 is 0. The minimum atomic E-state index is -0.588. The van der Waals surface area contributed by atoms with Gasteiger partial charge >= 0.3 is 11.9 Å². The highest BCUT2D eigenvalue weighted by Gasteiger charge is 2.27. The van der Waals surface area contributed by atoms with E-state index in [-0.39, 0.29) is 24.5 Å². The van der Waals surface area contributed by atoms with Crippen molar-refractivity contribution in [3.05, 3.63) is 58.7 Å². The van der Waals surface area contributed by atoms with Crippen LogP contribution in [0.3, 0.4) is 0 Å². The molecule has 0 aromatic heterocycles. The molecular formula is C23H24O7. The molecule has 0 radical (unpaired) electrons. The Balaban J connectivity index is 1.77. The van der Waals surface area contributed by atoms with Gasteiger partial charge in [-0.05, 0) is 44.0 Å². The number of carbonyl (C=O) groups excluding carboxylic acids is 2. The number of hydrogen-bond acceptors (Lipinski definition) is 7. The van der Waals surface area contributed by atoms with Gasteiger partial charge in [0, 0.05) is 31.0 Å². The molecule has 2 aromatic rings. The van der Waals surface area contributed by atoms with Crippen molar-refractivity contribution >= 4 is 11.9 Å². The van der Waals surface area contributed by atoms with Crippen LogP contribution in [0.25, 0.3) is 0 Å². The van der Waals surface area contributed by atoms with Gasteiger partial charge in [0.15, 0.2) is 0 Å². The van der Waals surface area contributed by atoms with Crippen LogP contribution in [0.5, 0.6) is 23.0 Å². The summed E-state index contributed by atoms with van der Waals surface area (Å²) < 4.78 is 16.3. The fourth-order valence-corrected chi connectivity index (χ4v) is 3.15. The smallest absolute Gasteiger partial charge is 0.338 e. The van der Waals surface area contributed by atoms with E-state index in [1.165, 1.54) is 19.1 Å². The summed E-state index contributed by atoms with van der Waals surface area (Å²) in [5, 5.41) is 19.6. The third kappa shape index (κ3) is 5.11. The van der Waals surface area contributed by atoms with Crippen LogP contribution in [0.4, 0.5) is 0 Å². The van der Waals surface area contributed by atoms with Crippen molar-refractivity contribution in [3.63, 3.8) is 0 Å². The number of esters is 2. The second-order valence-corrected chi connectivity index (χ2v) is 7.39. The largest absolute Gasteiger partial charge is 0.508 e. The van der Waals surface area contributed by atoms with Gasteiger partial charge in [-0.15, -0.1) is 0 Å². The lowest BCUT2D eigenvalue weighted by molar-refractivity contribution is -0.131. The van der Waals surface area contributed by atoms with Gasteiger partial charge in [-0.1, -0.05) is 11.6 Å². The SMILES string of the molecule is CC(=O)Oc1ccc(C(=O)OC2COc3cc(O)cc(O)c3C2)cc1CC=C(C)C. The molecule has 30 heavy (non-hydrogen) atoms. The van der Waals surface area contributed by atoms with Gasteiger partial charge in [0.2, 0.25) is 0 Å². The number of allylic oxidation sites excluding steroid dienone is 2. The molecule has 1 atom stereocenters. The number of ether oxygens (including phenoxy) is 3. The van der Waals surface area contributed by atoms with Crippen molar-refractivity contribution < 1.29 is 34.0 Å². The zero-order valence-electron chi connectivity index (χ0n) is 17.1. The average Bonchev–Trinajstić information content (AvgIpc) is 2.67. The van der Waals surface area contributed by atoms with Gasteiger partial charge < -0.3 is 24.4 Å². The van der Waals surface area contributed by atoms with Gasteiger partial charge in [-0.3, -0.25) is 4.79 Å². The van der Waals surface area contributed by atoms with Crippen LogP contribution >= 0.6 is 0 Å². The molecule has 0 amide bonds. The maximum absolute atomic E-state index is 12.7. The van der Waals surface area contributed by atoms with Crippen LogP contribution in [0, 0.1) is 0 Å². The van der Waals surface area contributed by atoms with Crippen LogP contribution in [0.15, 0.2) is 42.0 Å². The fraction of sp³-hybridized carbons (Fsp3) is 0.304. The third-order valence-electron chi connectivity index (χ3n) is 4.58. The van der Waals surface area contributed by atoms with E-state index in [1.54, 1.807) is 18.2 Å². The third-order valence-corrected chi connectivity index (χ3v) is 4.58. The molecular weight excluding hydrogens is 388 g/mol. The van der Waals surface area contributed by atoms with Crippen molar-refractivity contribution in [2.24, 2.45) is 0 Å². The topological polar surface area (TPSA) is 102 Å². The van der Waals surface area contributed by atoms with Gasteiger partial charge in [0.25, 0.3) is 0 Å². The molecule has 0 bridgehead atoms. The predicted molar refractivity (Wildman–Crippen MR) is 109 cm³/mol. The zero-order chi connectivity index (χ0) is 21.8. The molecule has 158 valence electrons. The molecule has 7 nitrogen and oxygen atoms in total. The molecule has 3 rings (SSSR count). The number of carbonyl (C=O) groups is 2. The van der Waals surface area contributed by atoms with Crippen LogP contribution in [-0.4, -0.2) is 34.9 Å². The summed E-state index contributed by atoms with van der Waals surface area (Å²) in [4.78, 5) is 24.0. The van der Waals surface area contributed by atoms with Crippen LogP contribution in [-0.2, 0) is 22.4 Å². The molecule has 0 fully saturated rings. The van der Waals surface area contributed by atoms with E-state index in [2.05, 4.69) is 0 Å². The number of aromatic hydroxyl groups is 2. The molecule has 7 heteroatoms. The fourth-order valence-electron chi connectivity index (χ4n) is 3.15. The van der Waals surface area contributed by atoms with Crippen LogP contribution in [0.1, 0.15) is 42.3 Å². The Kier molecular flexibility index (Phi) is 6.30. The number of rotatable bonds is 5. The maximum Gasteiger partial charge on any atom is 0.338 e. The quantitative estimate of drug-likeness (QED) is 0.439. The highest BCUT2D eigenvalue weighted by molar-refractivity contribution is 5.90. The Hall–Kier alpha value is -3.48. The van der Waals surface area contributed by atoms with Gasteiger partial charge in [-0.25, -0.2) is 4.79 Å². The van der Waals surface area contributed by atoms with Crippen molar-refractivity contribution in [2.45, 2.75) is 39.7 Å². The molecule has 0 spiro atoms. The minimum absolute atomic E-state index is 0.0986. The Morgan fingerprint density at radius 1 is 1.17 bits per heavy atom. The Bertz CT molecular complexity index is 1000. The van der Waals surface area contributed by atoms with E-state index in [0.29, 0.717) is 34.6 Å². The summed E-state index contributed by atoms with van der Waals surface area (Å²) in [5.74, 6) is -0.421. The van der Waals surface area contributed by atoms with E-state index in [0.717, 1.165) is 5.57 Å². The second kappa shape index (κ2) is 8.90. The molecule has 1 heterocycles. The van der Waals surface area contributed by atoms with Crippen molar-refractivity contribution in [2.75, 3.05) is 6.61 Å². The number of fused-ring (bicyclic) bond motifs is 1. The number of benzene rings is 2. The highest BCUT2D eigenvalue weighted by Crippen LogP contribution is 2.37. The first-order valence-corrected chi connectivity index (χ1v) is 9.56. The first kappa shape index (κ1) is 21.2. The predicted octanol–water partition coefficient (Wildman–Crippen LogP) is 3.69. The van der Waals surface area contributed by atoms with Gasteiger partial charge in [0.1, 0.15) is 35.7 Å². The van der Waals surface area contributed by atoms with E-state index >= 15 is 0 Å². The first-order chi connectivity index (χ1) is 14.2. The number of phenolic OH excluding ortho intramolecular Hbond substituents is 2. The van der Waals surface area contributed by atoms with Crippen molar-refractivity contribution in [1.29, 1.82) is 0 Å². The molecule has 2 N–H and O–H groups in total. The summed E-state index contributed by atoms with van der Waals surface area (Å²) in [5.41, 5.74) is 2.59. The number of phenols is 2. The molecule has 2 aromatic carbocycles. The molecule has 1 unspecified atom stereocenters. The Labute approximate surface area is 174 Å². The van der Waals surface area contributed by atoms with Crippen LogP contribution < -0.4 is 9.47 Å². The van der Waals surface area contributed by atoms with Crippen molar-refractivity contribution in [3.8, 4) is 23.0 Å². The molecule has 1 aliphatic rings.